The molecule has 474 valence electrons. The van der Waals surface area contributed by atoms with Gasteiger partial charge in [-0.25, -0.2) is 0 Å². The lowest BCUT2D eigenvalue weighted by Gasteiger charge is -2.22. The number of aliphatic hydroxyl groups excluding tert-OH is 2. The van der Waals surface area contributed by atoms with E-state index in [4.69, 9.17) is 4.74 Å². The van der Waals surface area contributed by atoms with Gasteiger partial charge in [-0.05, 0) is 77.0 Å². The zero-order valence-electron chi connectivity index (χ0n) is 54.3. The van der Waals surface area contributed by atoms with Crippen LogP contribution >= 0.6 is 0 Å². The van der Waals surface area contributed by atoms with Crippen LogP contribution in [-0.2, 0) is 14.3 Å². The first-order valence-corrected chi connectivity index (χ1v) is 36.6. The second kappa shape index (κ2) is 69.8. The maximum Gasteiger partial charge on any atom is 0.305 e. The number of hydrogen-bond donors (Lipinski definition) is 3. The van der Waals surface area contributed by atoms with E-state index in [0.29, 0.717) is 25.9 Å². The molecular weight excluding hydrogens is 983 g/mol. The van der Waals surface area contributed by atoms with E-state index in [9.17, 15) is 19.8 Å². The van der Waals surface area contributed by atoms with Gasteiger partial charge in [-0.1, -0.05) is 346 Å². The van der Waals surface area contributed by atoms with Crippen LogP contribution in [0.15, 0.2) is 24.3 Å². The molecule has 0 saturated heterocycles. The smallest absolute Gasteiger partial charge is 0.305 e. The summed E-state index contributed by atoms with van der Waals surface area (Å²) in [6.45, 7) is 4.99. The number of amides is 1. The van der Waals surface area contributed by atoms with E-state index >= 15 is 0 Å². The predicted octanol–water partition coefficient (Wildman–Crippen LogP) is 23.7. The monoisotopic (exact) mass is 1130 g/mol. The fraction of sp³-hybridized carbons (Fsp3) is 0.919. The molecule has 0 fully saturated rings. The Morgan fingerprint density at radius 3 is 0.887 bits per heavy atom. The number of hydrogen-bond acceptors (Lipinski definition) is 5. The van der Waals surface area contributed by atoms with Crippen LogP contribution in [0.25, 0.3) is 0 Å². The molecule has 0 radical (unpaired) electrons. The SMILES string of the molecule is CCCCCCCC/C=C\CCCCCCCCCCCC(=O)OCCCCCCCCCCCCCC/C=C\CCCCCCCCCC(=O)NC(CO)C(O)CCCCCCCCCCCCCCCCCCCCCCC. The van der Waals surface area contributed by atoms with Gasteiger partial charge in [0.15, 0.2) is 0 Å². The van der Waals surface area contributed by atoms with E-state index in [-0.39, 0.29) is 18.5 Å². The zero-order chi connectivity index (χ0) is 57.8. The number of carbonyl (C=O) groups is 2. The quantitative estimate of drug-likeness (QED) is 0.0320. The average molecular weight is 1130 g/mol. The van der Waals surface area contributed by atoms with Gasteiger partial charge in [0.05, 0.1) is 25.4 Å². The maximum absolute atomic E-state index is 12.5. The topological polar surface area (TPSA) is 95.9 Å². The molecule has 0 aromatic carbocycles. The number of nitrogens with one attached hydrogen (secondary N) is 1. The molecule has 1 amide bonds. The van der Waals surface area contributed by atoms with Gasteiger partial charge >= 0.3 is 5.97 Å². The van der Waals surface area contributed by atoms with Crippen LogP contribution < -0.4 is 5.32 Å². The zero-order valence-corrected chi connectivity index (χ0v) is 54.3. The lowest BCUT2D eigenvalue weighted by Crippen LogP contribution is -2.45. The summed E-state index contributed by atoms with van der Waals surface area (Å²) in [5, 5.41) is 23.4. The summed E-state index contributed by atoms with van der Waals surface area (Å²) in [4.78, 5) is 24.7. The van der Waals surface area contributed by atoms with Crippen molar-refractivity contribution in [2.24, 2.45) is 0 Å². The van der Waals surface area contributed by atoms with Crippen LogP contribution in [0.3, 0.4) is 0 Å². The summed E-state index contributed by atoms with van der Waals surface area (Å²) in [6.07, 6.45) is 88.0. The lowest BCUT2D eigenvalue weighted by molar-refractivity contribution is -0.143. The van der Waals surface area contributed by atoms with Crippen LogP contribution in [0.1, 0.15) is 412 Å². The second-order valence-corrected chi connectivity index (χ2v) is 25.3. The Hall–Kier alpha value is -1.66. The molecule has 0 bridgehead atoms. The molecule has 6 heteroatoms. The standard InChI is InChI=1S/C74H143NO5/c1-3-5-7-9-11-13-15-17-19-21-23-27-31-34-38-42-46-50-54-58-62-66-72(77)71(70-76)75-73(78)67-63-59-55-51-47-43-39-35-32-28-25-24-26-29-33-37-41-45-49-53-57-61-65-69-80-74(79)68-64-60-56-52-48-44-40-36-30-22-20-18-16-14-12-10-8-6-4-2/h18,20,28,32,71-72,76-77H,3-17,19,21-27,29-31,33-70H2,1-2H3,(H,75,78)/b20-18-,32-28-. The van der Waals surface area contributed by atoms with Crippen molar-refractivity contribution in [1.82, 2.24) is 5.32 Å². The molecule has 80 heavy (non-hydrogen) atoms. The molecule has 0 aliphatic heterocycles. The Kier molecular flexibility index (Phi) is 68.4. The molecule has 0 aromatic heterocycles. The van der Waals surface area contributed by atoms with Gasteiger partial charge in [0.2, 0.25) is 5.91 Å². The third kappa shape index (κ3) is 65.5. The summed E-state index contributed by atoms with van der Waals surface area (Å²) in [5.41, 5.74) is 0. The molecule has 0 spiro atoms. The molecule has 2 atom stereocenters. The molecular formula is C74H143NO5. The van der Waals surface area contributed by atoms with Crippen molar-refractivity contribution in [3.63, 3.8) is 0 Å². The van der Waals surface area contributed by atoms with Gasteiger partial charge < -0.3 is 20.3 Å². The van der Waals surface area contributed by atoms with E-state index in [0.717, 1.165) is 44.9 Å². The van der Waals surface area contributed by atoms with Crippen LogP contribution in [-0.4, -0.2) is 47.4 Å². The molecule has 0 rings (SSSR count). The van der Waals surface area contributed by atoms with Crippen LogP contribution in [0.2, 0.25) is 0 Å². The van der Waals surface area contributed by atoms with Gasteiger partial charge in [0, 0.05) is 12.8 Å². The van der Waals surface area contributed by atoms with Gasteiger partial charge in [0.25, 0.3) is 0 Å². The summed E-state index contributed by atoms with van der Waals surface area (Å²) >= 11 is 0. The molecule has 0 aliphatic rings. The van der Waals surface area contributed by atoms with Gasteiger partial charge in [-0.3, -0.25) is 9.59 Å². The minimum Gasteiger partial charge on any atom is -0.466 e. The van der Waals surface area contributed by atoms with Gasteiger partial charge in [-0.15, -0.1) is 0 Å². The summed E-state index contributed by atoms with van der Waals surface area (Å²) in [7, 11) is 0. The van der Waals surface area contributed by atoms with Crippen molar-refractivity contribution in [3.05, 3.63) is 24.3 Å². The molecule has 6 nitrogen and oxygen atoms in total. The number of esters is 1. The first-order valence-electron chi connectivity index (χ1n) is 36.6. The summed E-state index contributed by atoms with van der Waals surface area (Å²) in [6, 6.07) is -0.547. The van der Waals surface area contributed by atoms with Crippen molar-refractivity contribution >= 4 is 11.9 Å². The second-order valence-electron chi connectivity index (χ2n) is 25.3. The van der Waals surface area contributed by atoms with Crippen molar-refractivity contribution in [3.8, 4) is 0 Å². The first-order chi connectivity index (χ1) is 39.5. The number of rotatable bonds is 69. The number of unbranched alkanes of at least 4 members (excludes halogenated alkanes) is 54. The fourth-order valence-corrected chi connectivity index (χ4v) is 11.6. The predicted molar refractivity (Wildman–Crippen MR) is 352 cm³/mol. The Bertz CT molecular complexity index is 1250. The third-order valence-electron chi connectivity index (χ3n) is 17.2. The minimum atomic E-state index is -0.669. The van der Waals surface area contributed by atoms with E-state index in [2.05, 4.69) is 43.5 Å². The average Bonchev–Trinajstić information content (AvgIpc) is 3.46. The van der Waals surface area contributed by atoms with E-state index < -0.39 is 12.1 Å². The number of allylic oxidation sites excluding steroid dienone is 4. The number of ether oxygens (including phenoxy) is 1. The van der Waals surface area contributed by atoms with E-state index in [1.807, 2.05) is 0 Å². The summed E-state index contributed by atoms with van der Waals surface area (Å²) in [5.74, 6) is -0.0247. The van der Waals surface area contributed by atoms with E-state index in [1.54, 1.807) is 0 Å². The molecule has 0 heterocycles. The third-order valence-corrected chi connectivity index (χ3v) is 17.2. The van der Waals surface area contributed by atoms with Crippen LogP contribution in [0.5, 0.6) is 0 Å². The molecule has 0 saturated carbocycles. The Morgan fingerprint density at radius 2 is 0.588 bits per heavy atom. The highest BCUT2D eigenvalue weighted by Crippen LogP contribution is 2.19. The fourth-order valence-electron chi connectivity index (χ4n) is 11.6. The highest BCUT2D eigenvalue weighted by Gasteiger charge is 2.20. The molecule has 2 unspecified atom stereocenters. The Labute approximate surface area is 501 Å². The molecule has 3 N–H and O–H groups in total. The minimum absolute atomic E-state index is 0.0122. The van der Waals surface area contributed by atoms with Gasteiger partial charge in [0.1, 0.15) is 0 Å². The van der Waals surface area contributed by atoms with E-state index in [1.165, 1.54) is 334 Å². The molecule has 0 aromatic rings. The van der Waals surface area contributed by atoms with Crippen molar-refractivity contribution in [2.45, 2.75) is 424 Å². The number of aliphatic hydroxyl groups is 2. The van der Waals surface area contributed by atoms with Gasteiger partial charge in [-0.2, -0.15) is 0 Å². The largest absolute Gasteiger partial charge is 0.466 e. The highest BCUT2D eigenvalue weighted by atomic mass is 16.5. The Morgan fingerprint density at radius 1 is 0.338 bits per heavy atom. The van der Waals surface area contributed by atoms with Crippen molar-refractivity contribution in [2.75, 3.05) is 13.2 Å². The molecule has 0 aliphatic carbocycles. The first kappa shape index (κ1) is 78.3. The van der Waals surface area contributed by atoms with Crippen LogP contribution in [0.4, 0.5) is 0 Å². The summed E-state index contributed by atoms with van der Waals surface area (Å²) < 4.78 is 5.51. The highest BCUT2D eigenvalue weighted by molar-refractivity contribution is 5.76. The normalized spacial score (nSPS) is 12.6. The Balaban J connectivity index is 3.39. The maximum atomic E-state index is 12.5. The van der Waals surface area contributed by atoms with Crippen molar-refractivity contribution in [1.29, 1.82) is 0 Å². The number of carbonyl (C=O) groups excluding carboxylic acids is 2. The van der Waals surface area contributed by atoms with Crippen LogP contribution in [0, 0.1) is 0 Å². The van der Waals surface area contributed by atoms with Crippen molar-refractivity contribution < 1.29 is 24.5 Å². The lowest BCUT2D eigenvalue weighted by atomic mass is 10.0.